The third-order valence-electron chi connectivity index (χ3n) is 1.12. The molecule has 0 radical (unpaired) electrons. The van der Waals surface area contributed by atoms with E-state index >= 15 is 0 Å². The van der Waals surface area contributed by atoms with Gasteiger partial charge in [-0.3, -0.25) is 9.89 Å². The topological polar surface area (TPSA) is 66.0 Å². The van der Waals surface area contributed by atoms with Gasteiger partial charge in [-0.15, -0.1) is 0 Å². The fraction of sp³-hybridized carbons (Fsp3) is 0.143. The molecule has 0 spiro atoms. The lowest BCUT2D eigenvalue weighted by Gasteiger charge is -1.82. The van der Waals surface area contributed by atoms with Crippen LogP contribution in [-0.4, -0.2) is 21.3 Å². The largest absolute Gasteiger partial charge is 0.481 e. The molecular weight excluding hydrogens is 144 g/mol. The fourth-order valence-electron chi connectivity index (χ4n) is 0.648. The van der Waals surface area contributed by atoms with E-state index in [0.29, 0.717) is 0 Å². The highest BCUT2D eigenvalue weighted by atomic mass is 16.4. The normalized spacial score (nSPS) is 10.5. The molecule has 0 fully saturated rings. The quantitative estimate of drug-likeness (QED) is 0.676. The van der Waals surface area contributed by atoms with E-state index in [0.717, 1.165) is 5.56 Å². The Morgan fingerprint density at radius 3 is 3.18 bits per heavy atom. The van der Waals surface area contributed by atoms with Crippen LogP contribution in [0.3, 0.4) is 0 Å². The first-order chi connectivity index (χ1) is 5.29. The predicted molar refractivity (Wildman–Crippen MR) is 39.9 cm³/mol. The van der Waals surface area contributed by atoms with Gasteiger partial charge in [-0.2, -0.15) is 5.10 Å². The molecule has 0 aliphatic rings. The zero-order chi connectivity index (χ0) is 8.10. The van der Waals surface area contributed by atoms with Gasteiger partial charge in [0.15, 0.2) is 0 Å². The number of aromatic amines is 1. The molecule has 0 saturated heterocycles. The molecule has 0 aromatic carbocycles. The average molecular weight is 152 g/mol. The van der Waals surface area contributed by atoms with Crippen LogP contribution in [0.15, 0.2) is 18.5 Å². The first-order valence-electron chi connectivity index (χ1n) is 3.16. The number of rotatable bonds is 3. The van der Waals surface area contributed by atoms with Crippen molar-refractivity contribution in [1.29, 1.82) is 0 Å². The molecule has 2 N–H and O–H groups in total. The van der Waals surface area contributed by atoms with E-state index < -0.39 is 5.97 Å². The minimum atomic E-state index is -0.829. The Morgan fingerprint density at radius 1 is 1.82 bits per heavy atom. The molecule has 1 aromatic heterocycles. The summed E-state index contributed by atoms with van der Waals surface area (Å²) < 4.78 is 0. The SMILES string of the molecule is O=C(O)CC=Cc1cn[nH]c1. The van der Waals surface area contributed by atoms with E-state index in [2.05, 4.69) is 10.2 Å². The highest BCUT2D eigenvalue weighted by Gasteiger charge is 1.89. The molecular formula is C7H8N2O2. The van der Waals surface area contributed by atoms with Crippen LogP contribution < -0.4 is 0 Å². The Balaban J connectivity index is 2.43. The van der Waals surface area contributed by atoms with E-state index in [1.165, 1.54) is 0 Å². The van der Waals surface area contributed by atoms with Gasteiger partial charge >= 0.3 is 5.97 Å². The van der Waals surface area contributed by atoms with Crippen molar-refractivity contribution in [1.82, 2.24) is 10.2 Å². The molecule has 11 heavy (non-hydrogen) atoms. The lowest BCUT2D eigenvalue weighted by atomic mass is 10.3. The molecule has 0 amide bonds. The molecule has 4 heteroatoms. The second-order valence-corrected chi connectivity index (χ2v) is 2.03. The maximum Gasteiger partial charge on any atom is 0.307 e. The van der Waals surface area contributed by atoms with Gasteiger partial charge in [0.05, 0.1) is 12.6 Å². The van der Waals surface area contributed by atoms with Crippen molar-refractivity contribution in [2.75, 3.05) is 0 Å². The number of carboxylic acids is 1. The van der Waals surface area contributed by atoms with Crippen LogP contribution >= 0.6 is 0 Å². The van der Waals surface area contributed by atoms with Crippen LogP contribution in [0, 0.1) is 0 Å². The van der Waals surface area contributed by atoms with Crippen molar-refractivity contribution in [2.24, 2.45) is 0 Å². The number of hydrogen-bond donors (Lipinski definition) is 2. The Hall–Kier alpha value is -1.58. The number of aromatic nitrogens is 2. The van der Waals surface area contributed by atoms with Crippen LogP contribution in [0.1, 0.15) is 12.0 Å². The summed E-state index contributed by atoms with van der Waals surface area (Å²) in [5.74, 6) is -0.829. The second-order valence-electron chi connectivity index (χ2n) is 2.03. The van der Waals surface area contributed by atoms with Gasteiger partial charge in [-0.05, 0) is 0 Å². The Kier molecular flexibility index (Phi) is 2.43. The maximum absolute atomic E-state index is 10.1. The smallest absolute Gasteiger partial charge is 0.307 e. The summed E-state index contributed by atoms with van der Waals surface area (Å²) in [5, 5.41) is 14.6. The Morgan fingerprint density at radius 2 is 2.64 bits per heavy atom. The molecule has 0 saturated carbocycles. The van der Waals surface area contributed by atoms with E-state index in [1.807, 2.05) is 0 Å². The summed E-state index contributed by atoms with van der Waals surface area (Å²) >= 11 is 0. The van der Waals surface area contributed by atoms with Gasteiger partial charge in [-0.1, -0.05) is 12.2 Å². The van der Waals surface area contributed by atoms with Crippen molar-refractivity contribution in [3.8, 4) is 0 Å². The molecule has 4 nitrogen and oxygen atoms in total. The number of carboxylic acid groups (broad SMARTS) is 1. The van der Waals surface area contributed by atoms with Crippen LogP contribution in [0.5, 0.6) is 0 Å². The van der Waals surface area contributed by atoms with Crippen LogP contribution in [0.25, 0.3) is 6.08 Å². The van der Waals surface area contributed by atoms with Crippen molar-refractivity contribution in [3.05, 3.63) is 24.0 Å². The number of H-pyrrole nitrogens is 1. The van der Waals surface area contributed by atoms with Gasteiger partial charge in [-0.25, -0.2) is 0 Å². The van der Waals surface area contributed by atoms with Crippen LogP contribution in [-0.2, 0) is 4.79 Å². The highest BCUT2D eigenvalue weighted by molar-refractivity contribution is 5.70. The molecule has 58 valence electrons. The summed E-state index contributed by atoms with van der Waals surface area (Å²) in [5.41, 5.74) is 0.881. The molecule has 1 aromatic rings. The van der Waals surface area contributed by atoms with Gasteiger partial charge in [0.25, 0.3) is 0 Å². The summed E-state index contributed by atoms with van der Waals surface area (Å²) in [7, 11) is 0. The molecule has 0 aliphatic heterocycles. The van der Waals surface area contributed by atoms with Crippen molar-refractivity contribution in [2.45, 2.75) is 6.42 Å². The van der Waals surface area contributed by atoms with Gasteiger partial charge in [0, 0.05) is 11.8 Å². The number of nitrogens with zero attached hydrogens (tertiary/aromatic N) is 1. The third kappa shape index (κ3) is 2.66. The zero-order valence-electron chi connectivity index (χ0n) is 5.82. The summed E-state index contributed by atoms with van der Waals surface area (Å²) in [6.07, 6.45) is 6.65. The first kappa shape index (κ1) is 7.53. The standard InChI is InChI=1S/C7H8N2O2/c10-7(11)3-1-2-6-4-8-9-5-6/h1-2,4-5H,3H2,(H,8,9)(H,10,11). The van der Waals surface area contributed by atoms with E-state index in [9.17, 15) is 4.79 Å². The summed E-state index contributed by atoms with van der Waals surface area (Å²) in [4.78, 5) is 10.1. The predicted octanol–water partition coefficient (Wildman–Crippen LogP) is 0.898. The van der Waals surface area contributed by atoms with Gasteiger partial charge in [0.2, 0.25) is 0 Å². The van der Waals surface area contributed by atoms with Crippen molar-refractivity contribution >= 4 is 12.0 Å². The molecule has 0 aliphatic carbocycles. The van der Waals surface area contributed by atoms with E-state index in [-0.39, 0.29) is 6.42 Å². The lowest BCUT2D eigenvalue weighted by molar-refractivity contribution is -0.135. The maximum atomic E-state index is 10.1. The summed E-state index contributed by atoms with van der Waals surface area (Å²) in [6, 6.07) is 0. The minimum absolute atomic E-state index is 0.0468. The molecule has 0 atom stereocenters. The summed E-state index contributed by atoms with van der Waals surface area (Å²) in [6.45, 7) is 0. The van der Waals surface area contributed by atoms with Gasteiger partial charge < -0.3 is 5.11 Å². The number of aliphatic carboxylic acids is 1. The number of hydrogen-bond acceptors (Lipinski definition) is 2. The molecule has 1 rings (SSSR count). The fourth-order valence-corrected chi connectivity index (χ4v) is 0.648. The molecule has 0 unspecified atom stereocenters. The third-order valence-corrected chi connectivity index (χ3v) is 1.12. The highest BCUT2D eigenvalue weighted by Crippen LogP contribution is 1.97. The van der Waals surface area contributed by atoms with Crippen LogP contribution in [0.2, 0.25) is 0 Å². The Labute approximate surface area is 63.6 Å². The number of carbonyl (C=O) groups is 1. The minimum Gasteiger partial charge on any atom is -0.481 e. The number of nitrogens with one attached hydrogen (secondary N) is 1. The van der Waals surface area contributed by atoms with E-state index in [1.54, 1.807) is 24.5 Å². The van der Waals surface area contributed by atoms with Crippen molar-refractivity contribution in [3.63, 3.8) is 0 Å². The van der Waals surface area contributed by atoms with Gasteiger partial charge in [0.1, 0.15) is 0 Å². The monoisotopic (exact) mass is 152 g/mol. The molecule has 0 bridgehead atoms. The Bertz CT molecular complexity index is 251. The molecule has 1 heterocycles. The van der Waals surface area contributed by atoms with Crippen molar-refractivity contribution < 1.29 is 9.90 Å². The first-order valence-corrected chi connectivity index (χ1v) is 3.16. The lowest BCUT2D eigenvalue weighted by Crippen LogP contribution is -1.89. The second kappa shape index (κ2) is 3.55. The average Bonchev–Trinajstić information content (AvgIpc) is 2.39. The van der Waals surface area contributed by atoms with Crippen LogP contribution in [0.4, 0.5) is 0 Å². The zero-order valence-corrected chi connectivity index (χ0v) is 5.82. The van der Waals surface area contributed by atoms with E-state index in [4.69, 9.17) is 5.11 Å².